The standard InChI is InChI=1S/C19H25N3/c1-14-8-7-11-22(13-14)19-16(3)15(2)18(20-21-19)12-17-9-5-4-6-10-17/h4-6,9-10,14H,7-8,11-13H2,1-3H3/t14-/m0/s1. The van der Waals surface area contributed by atoms with Gasteiger partial charge in [-0.05, 0) is 49.3 Å². The molecule has 3 nitrogen and oxygen atoms in total. The van der Waals surface area contributed by atoms with Crippen molar-refractivity contribution in [3.63, 3.8) is 0 Å². The summed E-state index contributed by atoms with van der Waals surface area (Å²) in [6.07, 6.45) is 3.44. The lowest BCUT2D eigenvalue weighted by Crippen LogP contribution is -2.35. The van der Waals surface area contributed by atoms with E-state index in [1.807, 2.05) is 6.07 Å². The third-order valence-corrected chi connectivity index (χ3v) is 4.77. The second kappa shape index (κ2) is 6.47. The quantitative estimate of drug-likeness (QED) is 0.859. The Balaban J connectivity index is 1.85. The van der Waals surface area contributed by atoms with Crippen molar-refractivity contribution in [3.05, 3.63) is 52.7 Å². The Morgan fingerprint density at radius 2 is 1.86 bits per heavy atom. The summed E-state index contributed by atoms with van der Waals surface area (Å²) < 4.78 is 0. The molecule has 2 heterocycles. The Labute approximate surface area is 133 Å². The van der Waals surface area contributed by atoms with Gasteiger partial charge >= 0.3 is 0 Å². The van der Waals surface area contributed by atoms with Crippen LogP contribution in [0.2, 0.25) is 0 Å². The number of aromatic nitrogens is 2. The first-order chi connectivity index (χ1) is 10.6. The predicted octanol–water partition coefficient (Wildman–Crippen LogP) is 3.92. The van der Waals surface area contributed by atoms with Crippen LogP contribution >= 0.6 is 0 Å². The zero-order valence-corrected chi connectivity index (χ0v) is 13.8. The average Bonchev–Trinajstić information content (AvgIpc) is 2.53. The molecule has 116 valence electrons. The number of rotatable bonds is 3. The largest absolute Gasteiger partial charge is 0.355 e. The average molecular weight is 295 g/mol. The fraction of sp³-hybridized carbons (Fsp3) is 0.474. The second-order valence-electron chi connectivity index (χ2n) is 6.58. The molecule has 22 heavy (non-hydrogen) atoms. The van der Waals surface area contributed by atoms with E-state index in [0.717, 1.165) is 36.9 Å². The smallest absolute Gasteiger partial charge is 0.154 e. The molecule has 1 aromatic carbocycles. The molecule has 3 heteroatoms. The van der Waals surface area contributed by atoms with Crippen LogP contribution in [0.15, 0.2) is 30.3 Å². The van der Waals surface area contributed by atoms with E-state index >= 15 is 0 Å². The van der Waals surface area contributed by atoms with Gasteiger partial charge in [0.25, 0.3) is 0 Å². The molecule has 0 amide bonds. The van der Waals surface area contributed by atoms with Gasteiger partial charge in [-0.25, -0.2) is 0 Å². The molecule has 1 fully saturated rings. The first kappa shape index (κ1) is 15.0. The third-order valence-electron chi connectivity index (χ3n) is 4.77. The number of nitrogens with zero attached hydrogens (tertiary/aromatic N) is 3. The molecule has 1 saturated heterocycles. The highest BCUT2D eigenvalue weighted by atomic mass is 15.3. The lowest BCUT2D eigenvalue weighted by atomic mass is 9.99. The molecule has 1 aromatic heterocycles. The molecule has 1 aliphatic rings. The predicted molar refractivity (Wildman–Crippen MR) is 91.4 cm³/mol. The number of hydrogen-bond acceptors (Lipinski definition) is 3. The van der Waals surface area contributed by atoms with Crippen molar-refractivity contribution in [1.82, 2.24) is 10.2 Å². The van der Waals surface area contributed by atoms with E-state index in [9.17, 15) is 0 Å². The van der Waals surface area contributed by atoms with Gasteiger partial charge in [-0.15, -0.1) is 5.10 Å². The normalized spacial score (nSPS) is 18.5. The highest BCUT2D eigenvalue weighted by molar-refractivity contribution is 5.50. The maximum Gasteiger partial charge on any atom is 0.154 e. The Hall–Kier alpha value is -1.90. The lowest BCUT2D eigenvalue weighted by molar-refractivity contribution is 0.443. The summed E-state index contributed by atoms with van der Waals surface area (Å²) in [5.74, 6) is 1.83. The van der Waals surface area contributed by atoms with Crippen LogP contribution in [-0.2, 0) is 6.42 Å². The van der Waals surface area contributed by atoms with Gasteiger partial charge in [0.2, 0.25) is 0 Å². The lowest BCUT2D eigenvalue weighted by Gasteiger charge is -2.32. The van der Waals surface area contributed by atoms with Crippen molar-refractivity contribution in [3.8, 4) is 0 Å². The van der Waals surface area contributed by atoms with Gasteiger partial charge in [0.15, 0.2) is 5.82 Å². The zero-order chi connectivity index (χ0) is 15.5. The van der Waals surface area contributed by atoms with Crippen LogP contribution in [-0.4, -0.2) is 23.3 Å². The highest BCUT2D eigenvalue weighted by Crippen LogP contribution is 2.26. The van der Waals surface area contributed by atoms with Crippen molar-refractivity contribution in [2.45, 2.75) is 40.0 Å². The molecule has 0 N–H and O–H groups in total. The van der Waals surface area contributed by atoms with Gasteiger partial charge in [0.1, 0.15) is 0 Å². The van der Waals surface area contributed by atoms with Crippen molar-refractivity contribution in [1.29, 1.82) is 0 Å². The van der Waals surface area contributed by atoms with Gasteiger partial charge in [-0.3, -0.25) is 0 Å². The second-order valence-corrected chi connectivity index (χ2v) is 6.58. The highest BCUT2D eigenvalue weighted by Gasteiger charge is 2.21. The van der Waals surface area contributed by atoms with E-state index in [1.54, 1.807) is 0 Å². The molecular weight excluding hydrogens is 270 g/mol. The zero-order valence-electron chi connectivity index (χ0n) is 13.8. The molecule has 1 aliphatic heterocycles. The Morgan fingerprint density at radius 1 is 1.09 bits per heavy atom. The van der Waals surface area contributed by atoms with Crippen LogP contribution in [0.4, 0.5) is 5.82 Å². The molecule has 1 atom stereocenters. The van der Waals surface area contributed by atoms with Crippen LogP contribution < -0.4 is 4.90 Å². The third kappa shape index (κ3) is 3.13. The van der Waals surface area contributed by atoms with Crippen molar-refractivity contribution >= 4 is 5.82 Å². The first-order valence-corrected chi connectivity index (χ1v) is 8.26. The van der Waals surface area contributed by atoms with E-state index in [1.165, 1.54) is 29.5 Å². The van der Waals surface area contributed by atoms with Crippen LogP contribution in [0.1, 0.15) is 42.1 Å². The molecule has 0 bridgehead atoms. The Bertz CT molecular complexity index is 637. The summed E-state index contributed by atoms with van der Waals surface area (Å²) in [6.45, 7) is 8.90. The monoisotopic (exact) mass is 295 g/mol. The van der Waals surface area contributed by atoms with E-state index in [0.29, 0.717) is 0 Å². The SMILES string of the molecule is Cc1c(Cc2ccccc2)nnc(N2CCC[C@H](C)C2)c1C. The number of piperidine rings is 1. The van der Waals surface area contributed by atoms with E-state index in [-0.39, 0.29) is 0 Å². The maximum absolute atomic E-state index is 4.57. The minimum absolute atomic E-state index is 0.749. The molecule has 0 radical (unpaired) electrons. The Morgan fingerprint density at radius 3 is 2.59 bits per heavy atom. The molecule has 3 rings (SSSR count). The van der Waals surface area contributed by atoms with Gasteiger partial charge in [0.05, 0.1) is 5.69 Å². The number of anilines is 1. The van der Waals surface area contributed by atoms with E-state index < -0.39 is 0 Å². The summed E-state index contributed by atoms with van der Waals surface area (Å²) in [6, 6.07) is 10.5. The first-order valence-electron chi connectivity index (χ1n) is 8.26. The topological polar surface area (TPSA) is 29.0 Å². The summed E-state index contributed by atoms with van der Waals surface area (Å²) in [4.78, 5) is 2.41. The minimum atomic E-state index is 0.749. The van der Waals surface area contributed by atoms with Gasteiger partial charge < -0.3 is 4.90 Å². The van der Waals surface area contributed by atoms with Crippen molar-refractivity contribution < 1.29 is 0 Å². The molecular formula is C19H25N3. The number of hydrogen-bond donors (Lipinski definition) is 0. The van der Waals surface area contributed by atoms with Gasteiger partial charge in [-0.1, -0.05) is 37.3 Å². The molecule has 2 aromatic rings. The van der Waals surface area contributed by atoms with Crippen molar-refractivity contribution in [2.75, 3.05) is 18.0 Å². The minimum Gasteiger partial charge on any atom is -0.355 e. The molecule has 0 aliphatic carbocycles. The summed E-state index contributed by atoms with van der Waals surface area (Å²) >= 11 is 0. The van der Waals surface area contributed by atoms with E-state index in [2.05, 4.69) is 60.1 Å². The van der Waals surface area contributed by atoms with Gasteiger partial charge in [-0.2, -0.15) is 5.10 Å². The summed E-state index contributed by atoms with van der Waals surface area (Å²) in [5, 5.41) is 9.11. The van der Waals surface area contributed by atoms with Crippen molar-refractivity contribution in [2.24, 2.45) is 5.92 Å². The van der Waals surface area contributed by atoms with Crippen LogP contribution in [0.3, 0.4) is 0 Å². The van der Waals surface area contributed by atoms with Crippen LogP contribution in [0.5, 0.6) is 0 Å². The van der Waals surface area contributed by atoms with Gasteiger partial charge in [0, 0.05) is 19.5 Å². The fourth-order valence-electron chi connectivity index (χ4n) is 3.28. The maximum atomic E-state index is 4.57. The summed E-state index contributed by atoms with van der Waals surface area (Å²) in [7, 11) is 0. The summed E-state index contributed by atoms with van der Waals surface area (Å²) in [5.41, 5.74) is 4.96. The fourth-order valence-corrected chi connectivity index (χ4v) is 3.28. The molecule has 0 unspecified atom stereocenters. The van der Waals surface area contributed by atoms with Crippen LogP contribution in [0.25, 0.3) is 0 Å². The number of benzene rings is 1. The Kier molecular flexibility index (Phi) is 4.41. The van der Waals surface area contributed by atoms with Crippen LogP contribution in [0, 0.1) is 19.8 Å². The molecule has 0 spiro atoms. The van der Waals surface area contributed by atoms with E-state index in [4.69, 9.17) is 0 Å². The molecule has 0 saturated carbocycles.